The molecular weight excluding hydrogens is 447 g/mol. The molecule has 2 aromatic rings. The monoisotopic (exact) mass is 474 g/mol. The summed E-state index contributed by atoms with van der Waals surface area (Å²) in [5, 5.41) is 0. The number of hydrogen-bond donors (Lipinski definition) is 1. The molecule has 176 valence electrons. The molecule has 1 aromatic carbocycles. The maximum absolute atomic E-state index is 14.8. The van der Waals surface area contributed by atoms with Crippen molar-refractivity contribution in [2.45, 2.75) is 50.3 Å². The van der Waals surface area contributed by atoms with Crippen molar-refractivity contribution in [3.05, 3.63) is 53.2 Å². The molecule has 4 rings (SSSR count). The van der Waals surface area contributed by atoms with E-state index in [1.807, 2.05) is 0 Å². The van der Waals surface area contributed by atoms with E-state index in [2.05, 4.69) is 15.0 Å². The predicted molar refractivity (Wildman–Crippen MR) is 122 cm³/mol. The number of hydrogen-bond acceptors (Lipinski definition) is 8. The summed E-state index contributed by atoms with van der Waals surface area (Å²) >= 11 is 0. The Hall–Kier alpha value is -2.88. The van der Waals surface area contributed by atoms with E-state index in [0.29, 0.717) is 24.0 Å². The predicted octanol–water partition coefficient (Wildman–Crippen LogP) is 2.61. The largest absolute Gasteiger partial charge is 0.476 e. The first-order valence-corrected chi connectivity index (χ1v) is 12.4. The van der Waals surface area contributed by atoms with Gasteiger partial charge in [0.2, 0.25) is 5.88 Å². The molecule has 0 saturated heterocycles. The van der Waals surface area contributed by atoms with E-state index in [9.17, 15) is 17.6 Å². The van der Waals surface area contributed by atoms with E-state index < -0.39 is 31.7 Å². The van der Waals surface area contributed by atoms with Gasteiger partial charge in [-0.2, -0.15) is 0 Å². The van der Waals surface area contributed by atoms with Crippen LogP contribution in [0.3, 0.4) is 0 Å². The minimum Gasteiger partial charge on any atom is -0.476 e. The Morgan fingerprint density at radius 3 is 2.55 bits per heavy atom. The maximum atomic E-state index is 14.8. The highest BCUT2D eigenvalue weighted by molar-refractivity contribution is 7.93. The lowest BCUT2D eigenvalue weighted by Gasteiger charge is -2.38. The SMILES string of the molecule is CC1(C)C(N)=N[C@](C)(c2cc(CC(=O)c3cnc(OCC4CC4)cn3)ccc2F)CS1(=O)=O. The summed E-state index contributed by atoms with van der Waals surface area (Å²) in [6, 6.07) is 4.16. The lowest BCUT2D eigenvalue weighted by molar-refractivity contribution is 0.0987. The number of sulfone groups is 1. The van der Waals surface area contributed by atoms with Gasteiger partial charge in [0.05, 0.1) is 24.8 Å². The van der Waals surface area contributed by atoms with Crippen LogP contribution in [0, 0.1) is 11.7 Å². The van der Waals surface area contributed by atoms with Gasteiger partial charge in [0.15, 0.2) is 15.6 Å². The Labute approximate surface area is 192 Å². The number of aliphatic imine (C=N–C) groups is 1. The average molecular weight is 475 g/mol. The number of Topliss-reactive ketones (excluding diaryl/α,β-unsaturated/α-hetero) is 1. The summed E-state index contributed by atoms with van der Waals surface area (Å²) in [6.45, 7) is 5.09. The molecule has 1 fully saturated rings. The molecule has 2 aliphatic rings. The topological polar surface area (TPSA) is 125 Å². The van der Waals surface area contributed by atoms with Crippen molar-refractivity contribution in [1.29, 1.82) is 0 Å². The van der Waals surface area contributed by atoms with Crippen molar-refractivity contribution in [2.24, 2.45) is 16.6 Å². The molecule has 33 heavy (non-hydrogen) atoms. The van der Waals surface area contributed by atoms with Gasteiger partial charge in [-0.25, -0.2) is 22.8 Å². The van der Waals surface area contributed by atoms with Crippen molar-refractivity contribution in [3.8, 4) is 5.88 Å². The number of carbonyl (C=O) groups excluding carboxylic acids is 1. The number of halogens is 1. The van der Waals surface area contributed by atoms with E-state index in [1.54, 1.807) is 0 Å². The molecule has 0 bridgehead atoms. The lowest BCUT2D eigenvalue weighted by Crippen LogP contribution is -2.55. The van der Waals surface area contributed by atoms with Gasteiger partial charge in [0, 0.05) is 12.0 Å². The van der Waals surface area contributed by atoms with Crippen molar-refractivity contribution in [3.63, 3.8) is 0 Å². The average Bonchev–Trinajstić information content (AvgIpc) is 3.57. The fourth-order valence-corrected chi connectivity index (χ4v) is 5.36. The first kappa shape index (κ1) is 23.3. The maximum Gasteiger partial charge on any atom is 0.232 e. The standard InChI is InChI=1S/C23H27FN4O4S/c1-22(2)21(25)28-23(3,13-33(22,30)31)16-8-15(6-7-17(16)24)9-19(29)18-10-27-20(11-26-18)32-12-14-4-5-14/h6-8,10-11,14H,4-5,9,12-13H2,1-3H3,(H2,25,28)/t23-/m0/s1. The molecule has 2 heterocycles. The molecule has 1 aromatic heterocycles. The quantitative estimate of drug-likeness (QED) is 0.612. The zero-order valence-electron chi connectivity index (χ0n) is 18.8. The smallest absolute Gasteiger partial charge is 0.232 e. The first-order valence-electron chi connectivity index (χ1n) is 10.8. The third kappa shape index (κ3) is 4.62. The molecule has 10 heteroatoms. The Morgan fingerprint density at radius 1 is 1.21 bits per heavy atom. The lowest BCUT2D eigenvalue weighted by atomic mass is 9.90. The number of amidine groups is 1. The van der Waals surface area contributed by atoms with E-state index >= 15 is 0 Å². The minimum absolute atomic E-state index is 0.0578. The zero-order chi connectivity index (χ0) is 24.0. The van der Waals surface area contributed by atoms with Crippen LogP contribution in [0.4, 0.5) is 4.39 Å². The molecule has 1 aliphatic heterocycles. The molecule has 1 atom stereocenters. The van der Waals surface area contributed by atoms with Crippen LogP contribution in [-0.4, -0.2) is 47.1 Å². The van der Waals surface area contributed by atoms with Crippen LogP contribution >= 0.6 is 0 Å². The molecule has 0 amide bonds. The minimum atomic E-state index is -3.69. The van der Waals surface area contributed by atoms with Gasteiger partial charge in [-0.15, -0.1) is 0 Å². The Morgan fingerprint density at radius 2 is 1.94 bits per heavy atom. The highest BCUT2D eigenvalue weighted by atomic mass is 32.2. The van der Waals surface area contributed by atoms with Crippen LogP contribution < -0.4 is 10.5 Å². The second-order valence-electron chi connectivity index (χ2n) is 9.45. The number of carbonyl (C=O) groups is 1. The van der Waals surface area contributed by atoms with Gasteiger partial charge in [-0.1, -0.05) is 6.07 Å². The number of rotatable bonds is 7. The van der Waals surface area contributed by atoms with Crippen molar-refractivity contribution < 1.29 is 22.3 Å². The van der Waals surface area contributed by atoms with Crippen LogP contribution in [0.15, 0.2) is 35.6 Å². The van der Waals surface area contributed by atoms with E-state index in [-0.39, 0.29) is 29.3 Å². The van der Waals surface area contributed by atoms with E-state index in [4.69, 9.17) is 10.5 Å². The summed E-state index contributed by atoms with van der Waals surface area (Å²) in [5.74, 6) is -0.441. The van der Waals surface area contributed by atoms with Crippen LogP contribution in [0.25, 0.3) is 0 Å². The Bertz CT molecular complexity index is 1220. The summed E-state index contributed by atoms with van der Waals surface area (Å²) in [6.07, 6.45) is 5.03. The molecule has 1 aliphatic carbocycles. The fourth-order valence-electron chi connectivity index (χ4n) is 3.67. The second kappa shape index (κ2) is 8.16. The number of benzene rings is 1. The van der Waals surface area contributed by atoms with Crippen LogP contribution in [0.2, 0.25) is 0 Å². The Balaban J connectivity index is 1.55. The number of nitrogens with two attached hydrogens (primary N) is 1. The summed E-state index contributed by atoms with van der Waals surface area (Å²) < 4.78 is 44.6. The zero-order valence-corrected chi connectivity index (χ0v) is 19.7. The van der Waals surface area contributed by atoms with Gasteiger partial charge in [-0.05, 0) is 57.2 Å². The normalized spacial score (nSPS) is 23.6. The van der Waals surface area contributed by atoms with E-state index in [1.165, 1.54) is 51.4 Å². The third-order valence-electron chi connectivity index (χ3n) is 6.29. The van der Waals surface area contributed by atoms with Gasteiger partial charge >= 0.3 is 0 Å². The molecule has 0 radical (unpaired) electrons. The highest BCUT2D eigenvalue weighted by Gasteiger charge is 2.49. The molecule has 1 saturated carbocycles. The molecule has 2 N–H and O–H groups in total. The molecule has 0 unspecified atom stereocenters. The van der Waals surface area contributed by atoms with Crippen LogP contribution in [0.1, 0.15) is 55.2 Å². The van der Waals surface area contributed by atoms with E-state index in [0.717, 1.165) is 12.8 Å². The first-order chi connectivity index (χ1) is 15.4. The number of nitrogens with zero attached hydrogens (tertiary/aromatic N) is 3. The van der Waals surface area contributed by atoms with Gasteiger partial charge in [0.1, 0.15) is 27.6 Å². The highest BCUT2D eigenvalue weighted by Crippen LogP contribution is 2.38. The Kier molecular flexibility index (Phi) is 5.76. The van der Waals surface area contributed by atoms with Gasteiger partial charge in [-0.3, -0.25) is 9.79 Å². The van der Waals surface area contributed by atoms with Gasteiger partial charge in [0.25, 0.3) is 0 Å². The van der Waals surface area contributed by atoms with Crippen molar-refractivity contribution in [1.82, 2.24) is 9.97 Å². The van der Waals surface area contributed by atoms with Crippen molar-refractivity contribution >= 4 is 21.5 Å². The molecular formula is C23H27FN4O4S. The second-order valence-corrected chi connectivity index (χ2v) is 12.0. The number of aromatic nitrogens is 2. The van der Waals surface area contributed by atoms with Crippen LogP contribution in [-0.2, 0) is 21.8 Å². The van der Waals surface area contributed by atoms with Crippen LogP contribution in [0.5, 0.6) is 5.88 Å². The number of ether oxygens (including phenoxy) is 1. The summed E-state index contributed by atoms with van der Waals surface area (Å²) in [4.78, 5) is 25.3. The van der Waals surface area contributed by atoms with Gasteiger partial charge < -0.3 is 10.5 Å². The third-order valence-corrected chi connectivity index (χ3v) is 8.99. The fraction of sp³-hybridized carbons (Fsp3) is 0.478. The summed E-state index contributed by atoms with van der Waals surface area (Å²) in [7, 11) is -3.69. The summed E-state index contributed by atoms with van der Waals surface area (Å²) in [5.41, 5.74) is 5.31. The number of ketones is 1. The molecule has 8 nitrogen and oxygen atoms in total. The van der Waals surface area contributed by atoms with Crippen molar-refractivity contribution in [2.75, 3.05) is 12.4 Å². The molecule has 0 spiro atoms.